The number of carboxylic acid groups (broad SMARTS) is 1. The smallest absolute Gasteiger partial charge is 0.481 e. The number of alkyl halides is 3. The van der Waals surface area contributed by atoms with Crippen LogP contribution in [0.2, 0.25) is 0 Å². The van der Waals surface area contributed by atoms with Gasteiger partial charge in [-0.05, 0) is 42.7 Å². The molecule has 3 rings (SSSR count). The average molecular weight is 395 g/mol. The molecule has 1 saturated heterocycles. The zero-order valence-electron chi connectivity index (χ0n) is 14.9. The summed E-state index contributed by atoms with van der Waals surface area (Å²) in [4.78, 5) is 17.5. The van der Waals surface area contributed by atoms with E-state index in [9.17, 15) is 23.1 Å². The molecule has 0 saturated carbocycles. The monoisotopic (exact) mass is 395 g/mol. The second kappa shape index (κ2) is 8.37. The van der Waals surface area contributed by atoms with Crippen molar-refractivity contribution >= 4 is 17.5 Å². The number of rotatable bonds is 6. The maximum atomic E-state index is 12.3. The van der Waals surface area contributed by atoms with Crippen LogP contribution < -0.4 is 15.0 Å². The van der Waals surface area contributed by atoms with Gasteiger partial charge in [-0.3, -0.25) is 4.79 Å². The van der Waals surface area contributed by atoms with Gasteiger partial charge in [0.25, 0.3) is 0 Å². The Morgan fingerprint density at radius 2 is 2.14 bits per heavy atom. The lowest BCUT2D eigenvalue weighted by Crippen LogP contribution is -2.38. The summed E-state index contributed by atoms with van der Waals surface area (Å²) in [7, 11) is 0. The van der Waals surface area contributed by atoms with Crippen LogP contribution in [0.4, 0.5) is 24.7 Å². The lowest BCUT2D eigenvalue weighted by Gasteiger charge is -2.32. The summed E-state index contributed by atoms with van der Waals surface area (Å²) >= 11 is 0. The highest BCUT2D eigenvalue weighted by Crippen LogP contribution is 2.25. The average Bonchev–Trinajstić information content (AvgIpc) is 2.66. The molecule has 2 N–H and O–H groups in total. The normalized spacial score (nSPS) is 17.2. The molecule has 2 heterocycles. The highest BCUT2D eigenvalue weighted by atomic mass is 19.4. The number of nitrogens with zero attached hydrogens (tertiary/aromatic N) is 2. The van der Waals surface area contributed by atoms with Gasteiger partial charge in [0.05, 0.1) is 17.8 Å². The number of hydrogen-bond donors (Lipinski definition) is 2. The summed E-state index contributed by atoms with van der Waals surface area (Å²) in [6.45, 7) is 1.52. The van der Waals surface area contributed by atoms with Gasteiger partial charge < -0.3 is 20.1 Å². The molecule has 0 aliphatic carbocycles. The molecule has 1 atom stereocenters. The fourth-order valence-corrected chi connectivity index (χ4v) is 3.14. The minimum Gasteiger partial charge on any atom is -0.481 e. The first kappa shape index (κ1) is 19.8. The number of nitrogens with one attached hydrogen (secondary N) is 1. The second-order valence-corrected chi connectivity index (χ2v) is 6.57. The van der Waals surface area contributed by atoms with E-state index in [0.29, 0.717) is 24.3 Å². The Morgan fingerprint density at radius 3 is 2.82 bits per heavy atom. The summed E-state index contributed by atoms with van der Waals surface area (Å²) in [6, 6.07) is 9.34. The molecule has 0 radical (unpaired) electrons. The van der Waals surface area contributed by atoms with Crippen LogP contribution in [0.5, 0.6) is 5.75 Å². The van der Waals surface area contributed by atoms with E-state index < -0.39 is 12.3 Å². The van der Waals surface area contributed by atoms with Gasteiger partial charge in [0.15, 0.2) is 0 Å². The number of hydrogen-bond acceptors (Lipinski definition) is 5. The van der Waals surface area contributed by atoms with Crippen molar-refractivity contribution in [1.29, 1.82) is 0 Å². The van der Waals surface area contributed by atoms with E-state index in [4.69, 9.17) is 0 Å². The Labute approximate surface area is 159 Å². The number of halogens is 3. The van der Waals surface area contributed by atoms with Crippen LogP contribution in [0.15, 0.2) is 42.6 Å². The quantitative estimate of drug-likeness (QED) is 0.773. The van der Waals surface area contributed by atoms with Crippen LogP contribution in [-0.4, -0.2) is 35.5 Å². The largest absolute Gasteiger partial charge is 0.573 e. The van der Waals surface area contributed by atoms with E-state index in [0.717, 1.165) is 18.7 Å². The number of anilines is 2. The topological polar surface area (TPSA) is 74.7 Å². The highest BCUT2D eigenvalue weighted by Gasteiger charge is 2.31. The van der Waals surface area contributed by atoms with E-state index in [2.05, 4.69) is 15.0 Å². The summed E-state index contributed by atoms with van der Waals surface area (Å²) in [5, 5.41) is 12.2. The number of carbonyl (C=O) groups is 1. The number of pyridine rings is 1. The molecule has 1 aromatic heterocycles. The van der Waals surface area contributed by atoms with Crippen LogP contribution >= 0.6 is 0 Å². The third-order valence-electron chi connectivity index (χ3n) is 4.49. The minimum absolute atomic E-state index is 0.270. The summed E-state index contributed by atoms with van der Waals surface area (Å²) in [5.74, 6) is -0.865. The summed E-state index contributed by atoms with van der Waals surface area (Å²) < 4.78 is 40.8. The maximum absolute atomic E-state index is 12.3. The van der Waals surface area contributed by atoms with Crippen molar-refractivity contribution in [2.24, 2.45) is 5.92 Å². The first-order chi connectivity index (χ1) is 13.3. The number of aliphatic carboxylic acids is 1. The van der Waals surface area contributed by atoms with Crippen molar-refractivity contribution in [3.8, 4) is 5.75 Å². The second-order valence-electron chi connectivity index (χ2n) is 6.57. The molecule has 9 heteroatoms. The first-order valence-corrected chi connectivity index (χ1v) is 8.82. The van der Waals surface area contributed by atoms with Gasteiger partial charge in [0, 0.05) is 19.6 Å². The number of benzene rings is 1. The van der Waals surface area contributed by atoms with Crippen LogP contribution in [0.25, 0.3) is 0 Å². The van der Waals surface area contributed by atoms with Gasteiger partial charge in [0.2, 0.25) is 0 Å². The SMILES string of the molecule is O=C(O)C1CCCN(c2ccc(NCc3cccc(OC(F)(F)F)c3)nc2)C1. The Kier molecular flexibility index (Phi) is 5.91. The Balaban J connectivity index is 1.58. The predicted octanol–water partition coefficient (Wildman–Crippen LogP) is 3.89. The third kappa shape index (κ3) is 5.51. The van der Waals surface area contributed by atoms with Crippen molar-refractivity contribution < 1.29 is 27.8 Å². The molecule has 1 unspecified atom stereocenters. The molecule has 0 amide bonds. The van der Waals surface area contributed by atoms with Crippen molar-refractivity contribution in [3.63, 3.8) is 0 Å². The number of carboxylic acids is 1. The predicted molar refractivity (Wildman–Crippen MR) is 97.3 cm³/mol. The molecule has 150 valence electrons. The van der Waals surface area contributed by atoms with E-state index in [1.54, 1.807) is 18.3 Å². The van der Waals surface area contributed by atoms with Crippen molar-refractivity contribution in [2.45, 2.75) is 25.7 Å². The zero-order valence-corrected chi connectivity index (χ0v) is 14.9. The lowest BCUT2D eigenvalue weighted by atomic mass is 9.98. The van der Waals surface area contributed by atoms with Crippen LogP contribution in [0.1, 0.15) is 18.4 Å². The van der Waals surface area contributed by atoms with E-state index in [1.165, 1.54) is 18.2 Å². The molecule has 0 bridgehead atoms. The Bertz CT molecular complexity index is 812. The Hall–Kier alpha value is -2.97. The fourth-order valence-electron chi connectivity index (χ4n) is 3.14. The van der Waals surface area contributed by atoms with Gasteiger partial charge >= 0.3 is 12.3 Å². The molecule has 0 spiro atoms. The van der Waals surface area contributed by atoms with Gasteiger partial charge in [-0.25, -0.2) is 4.98 Å². The van der Waals surface area contributed by atoms with Gasteiger partial charge in [-0.1, -0.05) is 12.1 Å². The van der Waals surface area contributed by atoms with Crippen LogP contribution in [0.3, 0.4) is 0 Å². The van der Waals surface area contributed by atoms with E-state index >= 15 is 0 Å². The lowest BCUT2D eigenvalue weighted by molar-refractivity contribution is -0.274. The molecular formula is C19H20F3N3O3. The minimum atomic E-state index is -4.72. The number of aromatic nitrogens is 1. The third-order valence-corrected chi connectivity index (χ3v) is 4.49. The maximum Gasteiger partial charge on any atom is 0.573 e. The van der Waals surface area contributed by atoms with Crippen molar-refractivity contribution in [2.75, 3.05) is 23.3 Å². The van der Waals surface area contributed by atoms with E-state index in [1.807, 2.05) is 11.0 Å². The highest BCUT2D eigenvalue weighted by molar-refractivity contribution is 5.71. The molecule has 6 nitrogen and oxygen atoms in total. The molecule has 1 aliphatic heterocycles. The Morgan fingerprint density at radius 1 is 1.32 bits per heavy atom. The molecule has 28 heavy (non-hydrogen) atoms. The van der Waals surface area contributed by atoms with Gasteiger partial charge in [-0.2, -0.15) is 0 Å². The molecule has 1 aromatic carbocycles. The van der Waals surface area contributed by atoms with Gasteiger partial charge in [-0.15, -0.1) is 13.2 Å². The zero-order chi connectivity index (χ0) is 20.1. The molecule has 1 aliphatic rings. The standard InChI is InChI=1S/C19H20F3N3O3/c20-19(21,22)28-16-5-1-3-13(9-16)10-23-17-7-6-15(11-24-17)25-8-2-4-14(12-25)18(26)27/h1,3,5-7,9,11,14H,2,4,8,10,12H2,(H,23,24)(H,26,27). The summed E-state index contributed by atoms with van der Waals surface area (Å²) in [6.07, 6.45) is -1.57. The number of ether oxygens (including phenoxy) is 1. The van der Waals surface area contributed by atoms with Gasteiger partial charge in [0.1, 0.15) is 11.6 Å². The van der Waals surface area contributed by atoms with Crippen molar-refractivity contribution in [3.05, 3.63) is 48.2 Å². The first-order valence-electron chi connectivity index (χ1n) is 8.82. The van der Waals surface area contributed by atoms with Crippen molar-refractivity contribution in [1.82, 2.24) is 4.98 Å². The molecular weight excluding hydrogens is 375 g/mol. The summed E-state index contributed by atoms with van der Waals surface area (Å²) in [5.41, 5.74) is 1.46. The molecule has 1 fully saturated rings. The van der Waals surface area contributed by atoms with E-state index in [-0.39, 0.29) is 18.2 Å². The van der Waals surface area contributed by atoms with Crippen LogP contribution in [0, 0.1) is 5.92 Å². The van der Waals surface area contributed by atoms with Crippen LogP contribution in [-0.2, 0) is 11.3 Å². The number of piperidine rings is 1. The fraction of sp³-hybridized carbons (Fsp3) is 0.368. The molecule has 2 aromatic rings.